The lowest BCUT2D eigenvalue weighted by molar-refractivity contribution is -0.936. The zero-order valence-electron chi connectivity index (χ0n) is 15.8. The Kier molecular flexibility index (Phi) is 8.60. The van der Waals surface area contributed by atoms with Crippen molar-refractivity contribution < 1.29 is 22.8 Å². The minimum Gasteiger partial charge on any atom is -0.368 e. The third-order valence-corrected chi connectivity index (χ3v) is 5.77. The minimum absolute atomic E-state index is 0.240. The van der Waals surface area contributed by atoms with Crippen molar-refractivity contribution in [1.29, 1.82) is 0 Å². The number of nitrogens with zero attached hydrogens (tertiary/aromatic N) is 1. The summed E-state index contributed by atoms with van der Waals surface area (Å²) in [7, 11) is 5.10. The molecule has 1 saturated heterocycles. The van der Waals surface area contributed by atoms with Gasteiger partial charge >= 0.3 is 14.0 Å². The number of thiocarbonyl (C=S) groups is 1. The van der Waals surface area contributed by atoms with Crippen LogP contribution in [0.2, 0.25) is 0 Å². The summed E-state index contributed by atoms with van der Waals surface area (Å²) in [6, 6.07) is 0. The van der Waals surface area contributed by atoms with E-state index < -0.39 is 14.0 Å². The number of ether oxygens (including phenoxy) is 1. The first-order valence-electron chi connectivity index (χ1n) is 8.58. The fourth-order valence-corrected chi connectivity index (χ4v) is 4.61. The highest BCUT2D eigenvalue weighted by Crippen LogP contribution is 2.44. The van der Waals surface area contributed by atoms with Crippen LogP contribution in [0.5, 0.6) is 0 Å². The van der Waals surface area contributed by atoms with Crippen LogP contribution in [0.1, 0.15) is 46.0 Å². The number of hydrogen-bond acceptors (Lipinski definition) is 5. The second-order valence-corrected chi connectivity index (χ2v) is 8.36. The van der Waals surface area contributed by atoms with Gasteiger partial charge in [0.05, 0.1) is 28.3 Å². The number of quaternary nitrogens is 1. The van der Waals surface area contributed by atoms with E-state index in [1.807, 2.05) is 34.1 Å². The molecule has 1 aliphatic rings. The van der Waals surface area contributed by atoms with Gasteiger partial charge in [-0.15, -0.1) is 4.52 Å². The number of rotatable bonds is 10. The summed E-state index contributed by atoms with van der Waals surface area (Å²) in [6.07, 6.45) is 6.60. The molecule has 3 unspecified atom stereocenters. The third kappa shape index (κ3) is 4.69. The molecule has 0 N–H and O–H groups in total. The van der Waals surface area contributed by atoms with E-state index >= 15 is 0 Å². The topological polar surface area (TPSA) is 44.8 Å². The van der Waals surface area contributed by atoms with E-state index in [4.69, 9.17) is 26.0 Å². The van der Waals surface area contributed by atoms with Crippen LogP contribution in [-0.4, -0.2) is 56.0 Å². The molecule has 5 nitrogen and oxygen atoms in total. The van der Waals surface area contributed by atoms with Crippen molar-refractivity contribution in [1.82, 2.24) is 0 Å². The van der Waals surface area contributed by atoms with Gasteiger partial charge in [0.1, 0.15) is 11.0 Å². The maximum absolute atomic E-state index is 12.2. The van der Waals surface area contributed by atoms with Crippen LogP contribution in [-0.2, 0) is 18.3 Å². The van der Waals surface area contributed by atoms with E-state index in [0.29, 0.717) is 16.0 Å². The summed E-state index contributed by atoms with van der Waals surface area (Å²) in [5.74, 6) is 0. The summed E-state index contributed by atoms with van der Waals surface area (Å²) < 4.78 is 29.5. The lowest BCUT2D eigenvalue weighted by atomic mass is 9.90. The van der Waals surface area contributed by atoms with Crippen molar-refractivity contribution in [3.8, 4) is 0 Å². The summed E-state index contributed by atoms with van der Waals surface area (Å²) in [5, 5.41) is 0. The van der Waals surface area contributed by atoms with Gasteiger partial charge in [0.2, 0.25) is 0 Å². The molecule has 0 bridgehead atoms. The first-order chi connectivity index (χ1) is 11.2. The highest BCUT2D eigenvalue weighted by atomic mass is 32.1. The highest BCUT2D eigenvalue weighted by Gasteiger charge is 2.63. The van der Waals surface area contributed by atoms with Crippen molar-refractivity contribution in [2.75, 3.05) is 34.9 Å². The van der Waals surface area contributed by atoms with Gasteiger partial charge in [0.25, 0.3) is 0 Å². The third-order valence-electron chi connectivity index (χ3n) is 4.49. The van der Waals surface area contributed by atoms with Gasteiger partial charge in [-0.1, -0.05) is 31.6 Å². The summed E-state index contributed by atoms with van der Waals surface area (Å²) in [4.78, 5) is 0.679. The molecule has 0 saturated carbocycles. The van der Waals surface area contributed by atoms with E-state index in [0.717, 1.165) is 37.7 Å². The Morgan fingerprint density at radius 2 is 2.12 bits per heavy atom. The van der Waals surface area contributed by atoms with Crippen molar-refractivity contribution in [3.05, 3.63) is 11.6 Å². The second-order valence-electron chi connectivity index (χ2n) is 6.95. The smallest absolute Gasteiger partial charge is 0.368 e. The van der Waals surface area contributed by atoms with Crippen molar-refractivity contribution in [2.45, 2.75) is 57.8 Å². The Bertz CT molecular complexity index is 483. The largest absolute Gasteiger partial charge is 0.703 e. The van der Waals surface area contributed by atoms with Crippen LogP contribution < -0.4 is 0 Å². The van der Waals surface area contributed by atoms with Gasteiger partial charge in [0.15, 0.2) is 0 Å². The second kappa shape index (κ2) is 9.46. The molecule has 0 aliphatic carbocycles. The SMILES string of the molecule is CC=C(CCCC)C(=S)C(O[P+](=O)OC)(C1CCCO1)[N+](C)(C)C. The number of unbranched alkanes of at least 4 members (excludes halogenated alkanes) is 1. The van der Waals surface area contributed by atoms with E-state index in [9.17, 15) is 4.57 Å². The molecule has 0 aromatic carbocycles. The molecule has 1 aliphatic heterocycles. The molecule has 7 heteroatoms. The van der Waals surface area contributed by atoms with E-state index in [-0.39, 0.29) is 6.10 Å². The van der Waals surface area contributed by atoms with E-state index in [2.05, 4.69) is 6.92 Å². The minimum atomic E-state index is -2.28. The normalized spacial score (nSPS) is 22.3. The first-order valence-corrected chi connectivity index (χ1v) is 10.1. The van der Waals surface area contributed by atoms with Crippen LogP contribution in [0.3, 0.4) is 0 Å². The first kappa shape index (κ1) is 21.8. The van der Waals surface area contributed by atoms with Gasteiger partial charge in [-0.05, 0) is 42.7 Å². The predicted molar refractivity (Wildman–Crippen MR) is 101 cm³/mol. The Labute approximate surface area is 152 Å². The van der Waals surface area contributed by atoms with E-state index in [1.165, 1.54) is 7.11 Å². The van der Waals surface area contributed by atoms with E-state index in [1.54, 1.807) is 0 Å². The van der Waals surface area contributed by atoms with Crippen LogP contribution >= 0.6 is 20.5 Å². The molecule has 0 spiro atoms. The Hall–Kier alpha value is -0.230. The quantitative estimate of drug-likeness (QED) is 0.186. The zero-order valence-corrected chi connectivity index (χ0v) is 17.5. The molecule has 0 radical (unpaired) electrons. The van der Waals surface area contributed by atoms with Crippen LogP contribution in [0, 0.1) is 0 Å². The van der Waals surface area contributed by atoms with Crippen LogP contribution in [0.4, 0.5) is 0 Å². The molecule has 1 fully saturated rings. The van der Waals surface area contributed by atoms with Crippen LogP contribution in [0.15, 0.2) is 11.6 Å². The monoisotopic (exact) mass is 377 g/mol. The lowest BCUT2D eigenvalue weighted by Gasteiger charge is -2.44. The average Bonchev–Trinajstić information content (AvgIpc) is 3.06. The molecule has 138 valence electrons. The number of likely N-dealkylation sites (N-methyl/N-ethyl adjacent to an activating group) is 1. The van der Waals surface area contributed by atoms with Crippen LogP contribution in [0.25, 0.3) is 0 Å². The molecule has 0 aromatic heterocycles. The molecule has 0 aromatic rings. The van der Waals surface area contributed by atoms with Crippen molar-refractivity contribution in [3.63, 3.8) is 0 Å². The van der Waals surface area contributed by atoms with Crippen molar-refractivity contribution >= 4 is 25.3 Å². The predicted octanol–water partition coefficient (Wildman–Crippen LogP) is 4.39. The lowest BCUT2D eigenvalue weighted by Crippen LogP contribution is -2.68. The van der Waals surface area contributed by atoms with Gasteiger partial charge in [-0.3, -0.25) is 4.48 Å². The molecule has 1 heterocycles. The Morgan fingerprint density at radius 1 is 1.46 bits per heavy atom. The number of hydrogen-bond donors (Lipinski definition) is 0. The fourth-order valence-electron chi connectivity index (χ4n) is 3.13. The summed E-state index contributed by atoms with van der Waals surface area (Å²) in [6.45, 7) is 4.81. The Balaban J connectivity index is 3.37. The molecular formula is C17H32NO4PS+2. The number of allylic oxidation sites excluding steroid dienone is 1. The van der Waals surface area contributed by atoms with Gasteiger partial charge in [0, 0.05) is 11.2 Å². The highest BCUT2D eigenvalue weighted by molar-refractivity contribution is 7.81. The summed E-state index contributed by atoms with van der Waals surface area (Å²) >= 11 is 5.90. The van der Waals surface area contributed by atoms with Gasteiger partial charge in [-0.25, -0.2) is 0 Å². The molecule has 0 amide bonds. The molecule has 1 rings (SSSR count). The Morgan fingerprint density at radius 3 is 2.54 bits per heavy atom. The standard InChI is InChI=1S/C17H32NO4PS/c1-7-9-11-14(8-2)16(24)17(18(3,4)5,22-23(19)20-6)15-12-10-13-21-15/h8,15H,7,9-13H2,1-6H3/q+2. The molecule has 24 heavy (non-hydrogen) atoms. The molecular weight excluding hydrogens is 345 g/mol. The van der Waals surface area contributed by atoms with Crippen molar-refractivity contribution in [2.24, 2.45) is 0 Å². The van der Waals surface area contributed by atoms with Gasteiger partial charge < -0.3 is 4.74 Å². The maximum Gasteiger partial charge on any atom is 0.703 e. The maximum atomic E-state index is 12.2. The van der Waals surface area contributed by atoms with Gasteiger partial charge in [-0.2, -0.15) is 0 Å². The fraction of sp³-hybridized carbons (Fsp3) is 0.824. The molecule has 3 atom stereocenters. The summed E-state index contributed by atoms with van der Waals surface area (Å²) in [5.41, 5.74) is 0.0557. The zero-order chi connectivity index (χ0) is 18.4. The average molecular weight is 377 g/mol.